The lowest BCUT2D eigenvalue weighted by Gasteiger charge is -2.25. The van der Waals surface area contributed by atoms with Crippen LogP contribution in [0.5, 0.6) is 5.75 Å². The summed E-state index contributed by atoms with van der Waals surface area (Å²) in [5.74, 6) is -0.839. The number of pyridine rings is 1. The van der Waals surface area contributed by atoms with Crippen LogP contribution in [0, 0.1) is 17.1 Å². The van der Waals surface area contributed by atoms with Crippen molar-refractivity contribution in [3.05, 3.63) is 117 Å². The Labute approximate surface area is 194 Å². The molecule has 4 aromatic rings. The summed E-state index contributed by atoms with van der Waals surface area (Å²) >= 11 is 0. The van der Waals surface area contributed by atoms with Gasteiger partial charge in [0.05, 0.1) is 16.9 Å². The standard InChI is InChI=1S/C25H17FN3O3.ClH/c26-17-7-3-5-15(11-17)13-29-10-4-6-16(14-29)21-19(12-27)24(28)32-23-18-8-1-2-9-20(18)31-25(30)22(21)23;/h1-11,14,21H,13,28H2;1H/q+1;/p-1. The Morgan fingerprint density at radius 3 is 2.73 bits per heavy atom. The molecule has 2 N–H and O–H groups in total. The highest BCUT2D eigenvalue weighted by atomic mass is 35.5. The van der Waals surface area contributed by atoms with Crippen LogP contribution >= 0.6 is 0 Å². The van der Waals surface area contributed by atoms with Crippen LogP contribution in [0.25, 0.3) is 11.0 Å². The first-order chi connectivity index (χ1) is 15.5. The second-order valence-electron chi connectivity index (χ2n) is 7.49. The van der Waals surface area contributed by atoms with Crippen molar-refractivity contribution < 1.29 is 30.5 Å². The summed E-state index contributed by atoms with van der Waals surface area (Å²) in [4.78, 5) is 13.0. The van der Waals surface area contributed by atoms with E-state index in [0.29, 0.717) is 28.8 Å². The second kappa shape index (κ2) is 8.77. The first kappa shape index (κ1) is 22.1. The number of rotatable bonds is 3. The molecule has 2 aromatic heterocycles. The Morgan fingerprint density at radius 2 is 1.94 bits per heavy atom. The van der Waals surface area contributed by atoms with E-state index >= 15 is 0 Å². The number of aromatic nitrogens is 1. The Hall–Kier alpha value is -4.15. The molecule has 0 spiro atoms. The Bertz CT molecular complexity index is 1510. The fourth-order valence-electron chi connectivity index (χ4n) is 4.06. The molecule has 0 saturated carbocycles. The number of nitrogens with two attached hydrogens (primary N) is 1. The molecule has 0 radical (unpaired) electrons. The summed E-state index contributed by atoms with van der Waals surface area (Å²) in [6.07, 6.45) is 3.64. The molecule has 0 amide bonds. The van der Waals surface area contributed by atoms with Crippen LogP contribution in [-0.2, 0) is 6.54 Å². The maximum atomic E-state index is 13.6. The molecule has 1 aliphatic heterocycles. The molecule has 0 saturated heterocycles. The van der Waals surface area contributed by atoms with Gasteiger partial charge >= 0.3 is 5.63 Å². The molecule has 1 aliphatic rings. The number of halogens is 2. The Balaban J connectivity index is 0.00000259. The first-order valence-corrected chi connectivity index (χ1v) is 9.92. The smallest absolute Gasteiger partial charge is 0.344 e. The van der Waals surface area contributed by atoms with E-state index in [1.54, 1.807) is 42.5 Å². The minimum Gasteiger partial charge on any atom is -1.00 e. The molecule has 6 nitrogen and oxygen atoms in total. The maximum Gasteiger partial charge on any atom is 0.344 e. The van der Waals surface area contributed by atoms with Gasteiger partial charge in [-0.1, -0.05) is 24.3 Å². The minimum absolute atomic E-state index is 0. The lowest BCUT2D eigenvalue weighted by molar-refractivity contribution is -0.688. The molecular formula is C25H17ClFN3O3. The monoisotopic (exact) mass is 461 g/mol. The largest absolute Gasteiger partial charge is 1.00 e. The highest BCUT2D eigenvalue weighted by molar-refractivity contribution is 5.85. The van der Waals surface area contributed by atoms with Crippen molar-refractivity contribution in [2.24, 2.45) is 5.73 Å². The summed E-state index contributed by atoms with van der Waals surface area (Å²) < 4.78 is 26.7. The van der Waals surface area contributed by atoms with Crippen molar-refractivity contribution in [2.45, 2.75) is 12.5 Å². The van der Waals surface area contributed by atoms with Gasteiger partial charge in [0.2, 0.25) is 5.88 Å². The van der Waals surface area contributed by atoms with Crippen LogP contribution in [0.1, 0.15) is 22.6 Å². The zero-order valence-corrected chi connectivity index (χ0v) is 17.9. The number of ether oxygens (including phenoxy) is 1. The first-order valence-electron chi connectivity index (χ1n) is 9.92. The van der Waals surface area contributed by atoms with Crippen LogP contribution in [0.3, 0.4) is 0 Å². The number of fused-ring (bicyclic) bond motifs is 3. The van der Waals surface area contributed by atoms with Gasteiger partial charge in [-0.15, -0.1) is 0 Å². The normalized spacial score (nSPS) is 14.7. The van der Waals surface area contributed by atoms with Gasteiger partial charge in [0, 0.05) is 17.2 Å². The van der Waals surface area contributed by atoms with E-state index in [2.05, 4.69) is 6.07 Å². The van der Waals surface area contributed by atoms with Crippen molar-refractivity contribution in [2.75, 3.05) is 0 Å². The Kier molecular flexibility index (Phi) is 5.86. The number of para-hydroxylation sites is 1. The van der Waals surface area contributed by atoms with Gasteiger partial charge in [0.25, 0.3) is 0 Å². The van der Waals surface area contributed by atoms with E-state index in [9.17, 15) is 14.4 Å². The van der Waals surface area contributed by atoms with Crippen molar-refractivity contribution in [3.63, 3.8) is 0 Å². The molecule has 0 aliphatic carbocycles. The van der Waals surface area contributed by atoms with Crippen LogP contribution in [-0.4, -0.2) is 0 Å². The van der Waals surface area contributed by atoms with Gasteiger partial charge in [-0.25, -0.2) is 13.8 Å². The van der Waals surface area contributed by atoms with E-state index in [1.165, 1.54) is 12.1 Å². The molecule has 3 heterocycles. The Morgan fingerprint density at radius 1 is 1.12 bits per heavy atom. The van der Waals surface area contributed by atoms with Gasteiger partial charge in [0.15, 0.2) is 24.7 Å². The molecule has 0 bridgehead atoms. The zero-order valence-electron chi connectivity index (χ0n) is 17.2. The molecular weight excluding hydrogens is 445 g/mol. The molecule has 8 heteroatoms. The van der Waals surface area contributed by atoms with Crippen LogP contribution < -0.4 is 33.1 Å². The number of benzene rings is 2. The molecule has 1 unspecified atom stereocenters. The van der Waals surface area contributed by atoms with Crippen LogP contribution in [0.15, 0.2) is 93.7 Å². The molecule has 1 atom stereocenters. The lowest BCUT2D eigenvalue weighted by Crippen LogP contribution is -3.00. The summed E-state index contributed by atoms with van der Waals surface area (Å²) in [6, 6.07) is 19.0. The topological polar surface area (TPSA) is 93.1 Å². The number of nitriles is 1. The SMILES string of the molecule is N#CC1=C(N)Oc2c(c(=O)oc3ccccc23)C1c1ccc[n+](Cc2cccc(F)c2)c1.[Cl-]. The predicted octanol–water partition coefficient (Wildman–Crippen LogP) is 0.490. The third-order valence-electron chi connectivity index (χ3n) is 5.44. The second-order valence-corrected chi connectivity index (χ2v) is 7.49. The van der Waals surface area contributed by atoms with E-state index in [-0.39, 0.29) is 35.2 Å². The number of nitrogens with zero attached hydrogens (tertiary/aromatic N) is 2. The number of hydrogen-bond acceptors (Lipinski definition) is 5. The number of allylic oxidation sites excluding steroid dienone is 1. The lowest BCUT2D eigenvalue weighted by atomic mass is 9.84. The minimum atomic E-state index is -0.760. The third kappa shape index (κ3) is 3.93. The van der Waals surface area contributed by atoms with Crippen molar-refractivity contribution >= 4 is 11.0 Å². The van der Waals surface area contributed by atoms with Crippen molar-refractivity contribution in [1.82, 2.24) is 0 Å². The maximum absolute atomic E-state index is 13.6. The number of hydrogen-bond donors (Lipinski definition) is 1. The quantitative estimate of drug-likeness (QED) is 0.354. The molecule has 164 valence electrons. The summed E-state index contributed by atoms with van der Waals surface area (Å²) in [6.45, 7) is 0.412. The van der Waals surface area contributed by atoms with Gasteiger partial charge < -0.3 is 27.3 Å². The fourth-order valence-corrected chi connectivity index (χ4v) is 4.06. The van der Waals surface area contributed by atoms with Gasteiger partial charge in [-0.3, -0.25) is 0 Å². The van der Waals surface area contributed by atoms with Crippen molar-refractivity contribution in [1.29, 1.82) is 5.26 Å². The summed E-state index contributed by atoms with van der Waals surface area (Å²) in [5, 5.41) is 10.4. The molecule has 33 heavy (non-hydrogen) atoms. The van der Waals surface area contributed by atoms with Crippen LogP contribution in [0.2, 0.25) is 0 Å². The van der Waals surface area contributed by atoms with Gasteiger partial charge in [0.1, 0.15) is 23.0 Å². The average Bonchev–Trinajstić information content (AvgIpc) is 2.78. The molecule has 5 rings (SSSR count). The fraction of sp³-hybridized carbons (Fsp3) is 0.0800. The third-order valence-corrected chi connectivity index (χ3v) is 5.44. The average molecular weight is 462 g/mol. The molecule has 2 aromatic carbocycles. The zero-order chi connectivity index (χ0) is 22.2. The van der Waals surface area contributed by atoms with E-state index in [1.807, 2.05) is 23.0 Å². The predicted molar refractivity (Wildman–Crippen MR) is 114 cm³/mol. The van der Waals surface area contributed by atoms with Gasteiger partial charge in [-0.05, 0) is 30.3 Å². The van der Waals surface area contributed by atoms with E-state index in [4.69, 9.17) is 14.9 Å². The van der Waals surface area contributed by atoms with Gasteiger partial charge in [-0.2, -0.15) is 5.26 Å². The highest BCUT2D eigenvalue weighted by Crippen LogP contribution is 2.43. The van der Waals surface area contributed by atoms with Crippen molar-refractivity contribution in [3.8, 4) is 11.8 Å². The summed E-state index contributed by atoms with van der Waals surface area (Å²) in [7, 11) is 0. The van der Waals surface area contributed by atoms with Crippen LogP contribution in [0.4, 0.5) is 4.39 Å². The highest BCUT2D eigenvalue weighted by Gasteiger charge is 2.36. The molecule has 0 fully saturated rings. The van der Waals surface area contributed by atoms with E-state index in [0.717, 1.165) is 5.56 Å². The van der Waals surface area contributed by atoms with E-state index < -0.39 is 11.5 Å². The summed E-state index contributed by atoms with van der Waals surface area (Å²) in [5.41, 5.74) is 7.67.